The van der Waals surface area contributed by atoms with Gasteiger partial charge in [0.25, 0.3) is 0 Å². The maximum absolute atomic E-state index is 6.14. The largest absolute Gasteiger partial charge is 0.349 e. The standard InChI is InChI=1S/C25H21ClN2/c26-24-15-19-13-22(17-5-2-1-3-6-17)23(14-20(19)16-28-24)18-7-9-21(10-8-18)25(27)11-4-12-25/h1-3,5-10,13-16H,4,11-12,27H2/p+1. The maximum Gasteiger partial charge on any atom is 0.129 e. The number of pyridine rings is 1. The predicted octanol–water partition coefficient (Wildman–Crippen LogP) is 5.84. The number of rotatable bonds is 3. The van der Waals surface area contributed by atoms with Crippen molar-refractivity contribution in [3.05, 3.63) is 89.7 Å². The van der Waals surface area contributed by atoms with E-state index in [1.165, 1.54) is 47.1 Å². The van der Waals surface area contributed by atoms with Crippen LogP contribution in [-0.2, 0) is 5.54 Å². The van der Waals surface area contributed by atoms with E-state index < -0.39 is 0 Å². The Labute approximate surface area is 170 Å². The summed E-state index contributed by atoms with van der Waals surface area (Å²) in [6, 6.07) is 25.9. The molecule has 0 amide bonds. The fourth-order valence-corrected chi connectivity index (χ4v) is 4.32. The topological polar surface area (TPSA) is 40.5 Å². The van der Waals surface area contributed by atoms with Gasteiger partial charge in [0, 0.05) is 30.0 Å². The molecule has 0 unspecified atom stereocenters. The Balaban J connectivity index is 1.68. The third-order valence-electron chi connectivity index (χ3n) is 6.03. The zero-order valence-electron chi connectivity index (χ0n) is 15.7. The fourth-order valence-electron chi connectivity index (χ4n) is 4.16. The number of nitrogens with zero attached hydrogens (tertiary/aromatic N) is 1. The molecule has 1 aliphatic rings. The normalized spacial score (nSPS) is 15.4. The Bertz CT molecular complexity index is 1150. The lowest BCUT2D eigenvalue weighted by molar-refractivity contribution is -0.509. The summed E-state index contributed by atoms with van der Waals surface area (Å²) in [6.45, 7) is 0. The number of hydrogen-bond donors (Lipinski definition) is 1. The summed E-state index contributed by atoms with van der Waals surface area (Å²) < 4.78 is 0. The van der Waals surface area contributed by atoms with Crippen molar-refractivity contribution in [1.82, 2.24) is 4.98 Å². The van der Waals surface area contributed by atoms with Gasteiger partial charge in [-0.1, -0.05) is 66.2 Å². The van der Waals surface area contributed by atoms with Gasteiger partial charge in [-0.15, -0.1) is 0 Å². The van der Waals surface area contributed by atoms with Crippen molar-refractivity contribution in [3.63, 3.8) is 0 Å². The van der Waals surface area contributed by atoms with Gasteiger partial charge in [0.05, 0.1) is 0 Å². The summed E-state index contributed by atoms with van der Waals surface area (Å²) in [5.74, 6) is 0. The SMILES string of the molecule is [NH3+]C1(c2ccc(-c3cc4cnc(Cl)cc4cc3-c3ccccc3)cc2)CCC1. The summed E-state index contributed by atoms with van der Waals surface area (Å²) in [6.07, 6.45) is 5.50. The number of hydrogen-bond acceptors (Lipinski definition) is 1. The van der Waals surface area contributed by atoms with Crippen LogP contribution in [0.3, 0.4) is 0 Å². The molecule has 0 atom stereocenters. The number of benzene rings is 3. The van der Waals surface area contributed by atoms with E-state index in [0.717, 1.165) is 10.8 Å². The molecular formula is C25H22ClN2+. The zero-order valence-corrected chi connectivity index (χ0v) is 16.4. The summed E-state index contributed by atoms with van der Waals surface area (Å²) in [7, 11) is 0. The van der Waals surface area contributed by atoms with Crippen LogP contribution < -0.4 is 5.73 Å². The first kappa shape index (κ1) is 17.4. The van der Waals surface area contributed by atoms with Crippen molar-refractivity contribution in [2.24, 2.45) is 0 Å². The lowest BCUT2D eigenvalue weighted by atomic mass is 9.72. The highest BCUT2D eigenvalue weighted by Crippen LogP contribution is 2.39. The summed E-state index contributed by atoms with van der Waals surface area (Å²) in [4.78, 5) is 4.27. The van der Waals surface area contributed by atoms with Crippen molar-refractivity contribution < 1.29 is 5.73 Å². The van der Waals surface area contributed by atoms with Crippen LogP contribution in [0.4, 0.5) is 0 Å². The van der Waals surface area contributed by atoms with Gasteiger partial charge in [-0.25, -0.2) is 4.98 Å². The van der Waals surface area contributed by atoms with E-state index in [4.69, 9.17) is 11.6 Å². The second-order valence-electron chi connectivity index (χ2n) is 7.83. The maximum atomic E-state index is 6.14. The molecule has 3 heteroatoms. The molecule has 1 aliphatic carbocycles. The van der Waals surface area contributed by atoms with Gasteiger partial charge in [0.2, 0.25) is 0 Å². The van der Waals surface area contributed by atoms with Gasteiger partial charge < -0.3 is 5.73 Å². The van der Waals surface area contributed by atoms with E-state index >= 15 is 0 Å². The van der Waals surface area contributed by atoms with Gasteiger partial charge in [-0.2, -0.15) is 0 Å². The zero-order chi connectivity index (χ0) is 19.1. The van der Waals surface area contributed by atoms with Crippen LogP contribution in [0.1, 0.15) is 24.8 Å². The number of aromatic nitrogens is 1. The van der Waals surface area contributed by atoms with Gasteiger partial charge in [-0.05, 0) is 52.3 Å². The average Bonchev–Trinajstić information content (AvgIpc) is 2.72. The quantitative estimate of drug-likeness (QED) is 0.442. The Kier molecular flexibility index (Phi) is 4.19. The molecule has 3 aromatic carbocycles. The lowest BCUT2D eigenvalue weighted by Gasteiger charge is -2.34. The molecule has 138 valence electrons. The van der Waals surface area contributed by atoms with E-state index in [2.05, 4.69) is 71.4 Å². The molecule has 0 aliphatic heterocycles. The second-order valence-corrected chi connectivity index (χ2v) is 8.22. The van der Waals surface area contributed by atoms with E-state index in [0.29, 0.717) is 5.15 Å². The first-order valence-electron chi connectivity index (χ1n) is 9.73. The molecule has 0 bridgehead atoms. The molecule has 1 fully saturated rings. The monoisotopic (exact) mass is 385 g/mol. The fraction of sp³-hybridized carbons (Fsp3) is 0.160. The summed E-state index contributed by atoms with van der Waals surface area (Å²) in [5, 5.41) is 2.71. The van der Waals surface area contributed by atoms with Gasteiger partial charge in [0.1, 0.15) is 10.7 Å². The number of quaternary nitrogens is 1. The van der Waals surface area contributed by atoms with E-state index in [1.807, 2.05) is 18.3 Å². The van der Waals surface area contributed by atoms with E-state index in [9.17, 15) is 0 Å². The lowest BCUT2D eigenvalue weighted by Crippen LogP contribution is -2.73. The van der Waals surface area contributed by atoms with Crippen LogP contribution in [0.25, 0.3) is 33.0 Å². The third-order valence-corrected chi connectivity index (χ3v) is 6.24. The summed E-state index contributed by atoms with van der Waals surface area (Å²) >= 11 is 6.14. The number of halogens is 1. The van der Waals surface area contributed by atoms with Crippen molar-refractivity contribution in [2.45, 2.75) is 24.8 Å². The number of fused-ring (bicyclic) bond motifs is 1. The van der Waals surface area contributed by atoms with Gasteiger partial charge in [-0.3, -0.25) is 0 Å². The molecule has 1 aromatic heterocycles. The molecule has 0 spiro atoms. The van der Waals surface area contributed by atoms with Gasteiger partial charge >= 0.3 is 0 Å². The third kappa shape index (κ3) is 2.99. The van der Waals surface area contributed by atoms with Crippen LogP contribution >= 0.6 is 11.6 Å². The van der Waals surface area contributed by atoms with Crippen molar-refractivity contribution in [2.75, 3.05) is 0 Å². The first-order chi connectivity index (χ1) is 13.6. The van der Waals surface area contributed by atoms with Crippen LogP contribution in [-0.4, -0.2) is 4.98 Å². The molecule has 0 radical (unpaired) electrons. The molecule has 3 N–H and O–H groups in total. The van der Waals surface area contributed by atoms with Gasteiger partial charge in [0.15, 0.2) is 0 Å². The smallest absolute Gasteiger partial charge is 0.129 e. The highest BCUT2D eigenvalue weighted by molar-refractivity contribution is 6.30. The molecule has 1 heterocycles. The highest BCUT2D eigenvalue weighted by atomic mass is 35.5. The van der Waals surface area contributed by atoms with Crippen molar-refractivity contribution >= 4 is 22.4 Å². The minimum atomic E-state index is 0.116. The Hall–Kier alpha value is -2.68. The molecule has 28 heavy (non-hydrogen) atoms. The Morgan fingerprint density at radius 2 is 1.43 bits per heavy atom. The Morgan fingerprint density at radius 3 is 2.07 bits per heavy atom. The minimum Gasteiger partial charge on any atom is -0.349 e. The van der Waals surface area contributed by atoms with Crippen LogP contribution in [0.2, 0.25) is 5.15 Å². The van der Waals surface area contributed by atoms with Crippen LogP contribution in [0.5, 0.6) is 0 Å². The summed E-state index contributed by atoms with van der Waals surface area (Å²) in [5.41, 5.74) is 10.7. The Morgan fingerprint density at radius 1 is 0.786 bits per heavy atom. The average molecular weight is 386 g/mol. The molecule has 2 nitrogen and oxygen atoms in total. The molecular weight excluding hydrogens is 364 g/mol. The van der Waals surface area contributed by atoms with Crippen molar-refractivity contribution in [3.8, 4) is 22.3 Å². The highest BCUT2D eigenvalue weighted by Gasteiger charge is 2.38. The first-order valence-corrected chi connectivity index (χ1v) is 10.1. The van der Waals surface area contributed by atoms with Crippen LogP contribution in [0.15, 0.2) is 79.0 Å². The molecule has 1 saturated carbocycles. The van der Waals surface area contributed by atoms with E-state index in [-0.39, 0.29) is 5.54 Å². The minimum absolute atomic E-state index is 0.116. The predicted molar refractivity (Wildman–Crippen MR) is 116 cm³/mol. The van der Waals surface area contributed by atoms with E-state index in [1.54, 1.807) is 0 Å². The van der Waals surface area contributed by atoms with Crippen LogP contribution in [0, 0.1) is 0 Å². The second kappa shape index (κ2) is 6.73. The molecule has 4 aromatic rings. The molecule has 5 rings (SSSR count). The molecule has 0 saturated heterocycles. The van der Waals surface area contributed by atoms with Crippen molar-refractivity contribution in [1.29, 1.82) is 0 Å².